The number of hydrogen-bond donors (Lipinski definition) is 3. The second-order valence-corrected chi connectivity index (χ2v) is 4.79. The molecule has 0 aliphatic rings. The number of benzene rings is 2. The molecule has 0 aromatic heterocycles. The van der Waals surface area contributed by atoms with Crippen molar-refractivity contribution < 1.29 is 5.11 Å². The van der Waals surface area contributed by atoms with E-state index in [0.717, 1.165) is 23.4 Å². The molecule has 0 aliphatic carbocycles. The minimum absolute atomic E-state index is 0.0112. The van der Waals surface area contributed by atoms with Crippen LogP contribution in [-0.2, 0) is 6.42 Å². The third kappa shape index (κ3) is 3.73. The van der Waals surface area contributed by atoms with Crippen molar-refractivity contribution in [3.05, 3.63) is 59.7 Å². The molecule has 19 heavy (non-hydrogen) atoms. The molecule has 0 radical (unpaired) electrons. The van der Waals surface area contributed by atoms with E-state index in [1.54, 1.807) is 0 Å². The number of aliphatic hydroxyl groups excluding tert-OH is 1. The summed E-state index contributed by atoms with van der Waals surface area (Å²) in [5, 5.41) is 12.9. The van der Waals surface area contributed by atoms with E-state index in [0.29, 0.717) is 0 Å². The standard InChI is InChI=1S/C16H20N2O/c1-12-7-8-14(17)10-16(12)18-15(11-19)9-13-5-3-2-4-6-13/h2-8,10,15,18-19H,9,11,17H2,1H3. The molecule has 0 aliphatic heterocycles. The Morgan fingerprint density at radius 3 is 2.58 bits per heavy atom. The number of nitrogens with two attached hydrogens (primary N) is 1. The van der Waals surface area contributed by atoms with Gasteiger partial charge in [-0.1, -0.05) is 36.4 Å². The van der Waals surface area contributed by atoms with Gasteiger partial charge in [-0.25, -0.2) is 0 Å². The Morgan fingerprint density at radius 2 is 1.89 bits per heavy atom. The Bertz CT molecular complexity index is 526. The highest BCUT2D eigenvalue weighted by atomic mass is 16.3. The van der Waals surface area contributed by atoms with Gasteiger partial charge in [0.1, 0.15) is 0 Å². The molecule has 4 N–H and O–H groups in total. The molecule has 0 bridgehead atoms. The molecular formula is C16H20N2O. The van der Waals surface area contributed by atoms with E-state index >= 15 is 0 Å². The summed E-state index contributed by atoms with van der Waals surface area (Å²) >= 11 is 0. The smallest absolute Gasteiger partial charge is 0.0636 e. The Hall–Kier alpha value is -2.00. The fourth-order valence-electron chi connectivity index (χ4n) is 2.07. The van der Waals surface area contributed by atoms with Crippen molar-refractivity contribution in [1.82, 2.24) is 0 Å². The quantitative estimate of drug-likeness (QED) is 0.721. The van der Waals surface area contributed by atoms with E-state index in [2.05, 4.69) is 17.4 Å². The van der Waals surface area contributed by atoms with Crippen LogP contribution < -0.4 is 11.1 Å². The summed E-state index contributed by atoms with van der Waals surface area (Å²) in [6.07, 6.45) is 0.783. The number of rotatable bonds is 5. The molecule has 2 aromatic rings. The summed E-state index contributed by atoms with van der Waals surface area (Å²) in [6, 6.07) is 15.9. The fraction of sp³-hybridized carbons (Fsp3) is 0.250. The van der Waals surface area contributed by atoms with Crippen molar-refractivity contribution in [3.63, 3.8) is 0 Å². The monoisotopic (exact) mass is 256 g/mol. The SMILES string of the molecule is Cc1ccc(N)cc1NC(CO)Cc1ccccc1. The second kappa shape index (κ2) is 6.25. The third-order valence-electron chi connectivity index (χ3n) is 3.17. The van der Waals surface area contributed by atoms with Crippen LogP contribution in [0.25, 0.3) is 0 Å². The van der Waals surface area contributed by atoms with Gasteiger partial charge in [0.05, 0.1) is 12.6 Å². The molecule has 3 nitrogen and oxygen atoms in total. The van der Waals surface area contributed by atoms with Crippen LogP contribution in [0.5, 0.6) is 0 Å². The zero-order valence-corrected chi connectivity index (χ0v) is 11.1. The zero-order valence-electron chi connectivity index (χ0n) is 11.1. The highest BCUT2D eigenvalue weighted by molar-refractivity contribution is 5.59. The topological polar surface area (TPSA) is 58.3 Å². The van der Waals surface area contributed by atoms with Gasteiger partial charge >= 0.3 is 0 Å². The number of hydrogen-bond acceptors (Lipinski definition) is 3. The van der Waals surface area contributed by atoms with Gasteiger partial charge in [0, 0.05) is 11.4 Å². The lowest BCUT2D eigenvalue weighted by atomic mass is 10.1. The lowest BCUT2D eigenvalue weighted by molar-refractivity contribution is 0.273. The minimum Gasteiger partial charge on any atom is -0.399 e. The van der Waals surface area contributed by atoms with Crippen LogP contribution in [0.15, 0.2) is 48.5 Å². The Balaban J connectivity index is 2.09. The molecule has 1 unspecified atom stereocenters. The van der Waals surface area contributed by atoms with Crippen LogP contribution in [0, 0.1) is 6.92 Å². The van der Waals surface area contributed by atoms with Crippen LogP contribution in [0.3, 0.4) is 0 Å². The summed E-state index contributed by atoms with van der Waals surface area (Å²) in [5.41, 5.74) is 9.83. The molecule has 2 aromatic carbocycles. The molecule has 0 saturated carbocycles. The lowest BCUT2D eigenvalue weighted by Crippen LogP contribution is -2.26. The summed E-state index contributed by atoms with van der Waals surface area (Å²) < 4.78 is 0. The maximum absolute atomic E-state index is 9.52. The van der Waals surface area contributed by atoms with Gasteiger partial charge in [-0.15, -0.1) is 0 Å². The van der Waals surface area contributed by atoms with Crippen molar-refractivity contribution in [2.75, 3.05) is 17.7 Å². The van der Waals surface area contributed by atoms with Crippen LogP contribution in [0.2, 0.25) is 0 Å². The molecule has 0 heterocycles. The fourth-order valence-corrected chi connectivity index (χ4v) is 2.07. The van der Waals surface area contributed by atoms with Crippen LogP contribution in [0.1, 0.15) is 11.1 Å². The maximum Gasteiger partial charge on any atom is 0.0636 e. The first-order valence-electron chi connectivity index (χ1n) is 6.46. The number of aryl methyl sites for hydroxylation is 1. The van der Waals surface area contributed by atoms with Crippen molar-refractivity contribution in [1.29, 1.82) is 0 Å². The molecule has 0 saturated heterocycles. The van der Waals surface area contributed by atoms with Crippen molar-refractivity contribution in [2.45, 2.75) is 19.4 Å². The molecule has 1 atom stereocenters. The van der Waals surface area contributed by atoms with Gasteiger partial charge in [-0.2, -0.15) is 0 Å². The molecular weight excluding hydrogens is 236 g/mol. The van der Waals surface area contributed by atoms with Gasteiger partial charge in [0.2, 0.25) is 0 Å². The molecule has 100 valence electrons. The average Bonchev–Trinajstić information content (AvgIpc) is 2.43. The second-order valence-electron chi connectivity index (χ2n) is 4.79. The number of aliphatic hydroxyl groups is 1. The Labute approximate surface area is 114 Å². The normalized spacial score (nSPS) is 12.1. The number of anilines is 2. The van der Waals surface area contributed by atoms with E-state index < -0.39 is 0 Å². The summed E-state index contributed by atoms with van der Waals surface area (Å²) in [4.78, 5) is 0. The van der Waals surface area contributed by atoms with Gasteiger partial charge < -0.3 is 16.2 Å². The average molecular weight is 256 g/mol. The largest absolute Gasteiger partial charge is 0.399 e. The number of nitrogens with one attached hydrogen (secondary N) is 1. The molecule has 0 amide bonds. The van der Waals surface area contributed by atoms with Crippen molar-refractivity contribution in [2.24, 2.45) is 0 Å². The summed E-state index contributed by atoms with van der Waals surface area (Å²) in [7, 11) is 0. The lowest BCUT2D eigenvalue weighted by Gasteiger charge is -2.19. The van der Waals surface area contributed by atoms with Gasteiger partial charge in [0.25, 0.3) is 0 Å². The maximum atomic E-state index is 9.52. The molecule has 0 fully saturated rings. The predicted molar refractivity (Wildman–Crippen MR) is 80.2 cm³/mol. The first-order valence-corrected chi connectivity index (χ1v) is 6.46. The van der Waals surface area contributed by atoms with Gasteiger partial charge in [-0.3, -0.25) is 0 Å². The highest BCUT2D eigenvalue weighted by Gasteiger charge is 2.09. The third-order valence-corrected chi connectivity index (χ3v) is 3.17. The summed E-state index contributed by atoms with van der Waals surface area (Å²) in [5.74, 6) is 0. The Kier molecular flexibility index (Phi) is 4.42. The zero-order chi connectivity index (χ0) is 13.7. The minimum atomic E-state index is -0.0112. The highest BCUT2D eigenvalue weighted by Crippen LogP contribution is 2.19. The molecule has 3 heteroatoms. The molecule has 2 rings (SSSR count). The van der Waals surface area contributed by atoms with Gasteiger partial charge in [-0.05, 0) is 36.6 Å². The van der Waals surface area contributed by atoms with E-state index in [1.165, 1.54) is 5.56 Å². The number of nitrogen functional groups attached to an aromatic ring is 1. The Morgan fingerprint density at radius 1 is 1.16 bits per heavy atom. The van der Waals surface area contributed by atoms with Crippen LogP contribution in [-0.4, -0.2) is 17.8 Å². The van der Waals surface area contributed by atoms with Crippen LogP contribution >= 0.6 is 0 Å². The van der Waals surface area contributed by atoms with Crippen molar-refractivity contribution >= 4 is 11.4 Å². The van der Waals surface area contributed by atoms with E-state index in [4.69, 9.17) is 5.73 Å². The molecule has 0 spiro atoms. The summed E-state index contributed by atoms with van der Waals surface area (Å²) in [6.45, 7) is 2.11. The van der Waals surface area contributed by atoms with Crippen LogP contribution in [0.4, 0.5) is 11.4 Å². The predicted octanol–water partition coefficient (Wildman–Crippen LogP) is 2.59. The van der Waals surface area contributed by atoms with E-state index in [9.17, 15) is 5.11 Å². The first-order chi connectivity index (χ1) is 9.19. The van der Waals surface area contributed by atoms with E-state index in [-0.39, 0.29) is 12.6 Å². The van der Waals surface area contributed by atoms with Gasteiger partial charge in [0.15, 0.2) is 0 Å². The first kappa shape index (κ1) is 13.4. The van der Waals surface area contributed by atoms with Crippen molar-refractivity contribution in [3.8, 4) is 0 Å². The van der Waals surface area contributed by atoms with E-state index in [1.807, 2.05) is 43.3 Å².